The van der Waals surface area contributed by atoms with Gasteiger partial charge in [-0.05, 0) is 98.2 Å². The predicted octanol–water partition coefficient (Wildman–Crippen LogP) is 7.88. The minimum Gasteiger partial charge on any atom is -0.393 e. The first-order chi connectivity index (χ1) is 19.5. The van der Waals surface area contributed by atoms with Crippen molar-refractivity contribution in [3.05, 3.63) is 60.3 Å². The molecule has 0 aliphatic heterocycles. The second-order valence-electron chi connectivity index (χ2n) is 12.5. The first-order valence-electron chi connectivity index (χ1n) is 15.7. The maximum Gasteiger partial charge on any atom is 0.341 e. The lowest BCUT2D eigenvalue weighted by atomic mass is 9.61. The van der Waals surface area contributed by atoms with E-state index in [1.54, 1.807) is 12.2 Å². The van der Waals surface area contributed by atoms with Gasteiger partial charge in [0.2, 0.25) is 0 Å². The van der Waals surface area contributed by atoms with E-state index in [0.717, 1.165) is 43.3 Å². The normalized spacial score (nSPS) is 32.4. The van der Waals surface area contributed by atoms with Gasteiger partial charge >= 0.3 is 7.60 Å². The molecule has 0 radical (unpaired) electrons. The Balaban J connectivity index is 1.76. The summed E-state index contributed by atoms with van der Waals surface area (Å²) in [6.45, 7) is 16.9. The summed E-state index contributed by atoms with van der Waals surface area (Å²) in [6.07, 6.45) is 16.4. The minimum atomic E-state index is -3.62. The molecule has 0 bridgehead atoms. The molecule has 2 N–H and O–H groups in total. The van der Waals surface area contributed by atoms with Crippen LogP contribution in [0.25, 0.3) is 0 Å². The van der Waals surface area contributed by atoms with Crippen molar-refractivity contribution in [1.82, 2.24) is 0 Å². The van der Waals surface area contributed by atoms with E-state index in [-0.39, 0.29) is 36.8 Å². The fourth-order valence-corrected chi connectivity index (χ4v) is 9.43. The van der Waals surface area contributed by atoms with Crippen LogP contribution in [-0.2, 0) is 18.4 Å². The van der Waals surface area contributed by atoms with Gasteiger partial charge in [-0.2, -0.15) is 0 Å². The monoisotopic (exact) mass is 588 g/mol. The molecule has 0 aromatic carbocycles. The van der Waals surface area contributed by atoms with Gasteiger partial charge in [0, 0.05) is 6.42 Å². The minimum absolute atomic E-state index is 0.127. The van der Waals surface area contributed by atoms with E-state index in [1.807, 2.05) is 19.9 Å². The Morgan fingerprint density at radius 1 is 1.17 bits per heavy atom. The highest BCUT2D eigenvalue weighted by molar-refractivity contribution is 7.55. The van der Waals surface area contributed by atoms with Crippen LogP contribution in [-0.4, -0.2) is 47.1 Å². The SMILES string of the molecule is C=CCC(C(=O)/C=C/[C@@H](C)[C@H]1CCC2/C(=C/C=C3/C[C@@H](O)C[C@H](O)C3=C)CCC[C@@]21C)P(=O)(OCCC)OCCC. The Hall–Kier alpha value is -1.56. The lowest BCUT2D eigenvalue weighted by Gasteiger charge is -2.44. The molecule has 41 heavy (non-hydrogen) atoms. The third-order valence-electron chi connectivity index (χ3n) is 9.55. The van der Waals surface area contributed by atoms with Crippen molar-refractivity contribution in [2.75, 3.05) is 13.2 Å². The van der Waals surface area contributed by atoms with E-state index in [2.05, 4.69) is 39.2 Å². The van der Waals surface area contributed by atoms with E-state index in [0.29, 0.717) is 37.5 Å². The van der Waals surface area contributed by atoms with Gasteiger partial charge in [-0.3, -0.25) is 9.36 Å². The van der Waals surface area contributed by atoms with Crippen LogP contribution in [0.4, 0.5) is 0 Å². The van der Waals surface area contributed by atoms with Crippen LogP contribution in [0.2, 0.25) is 0 Å². The fourth-order valence-electron chi connectivity index (χ4n) is 7.31. The molecule has 0 amide bonds. The number of carbonyl (C=O) groups is 1. The van der Waals surface area contributed by atoms with Crippen molar-refractivity contribution < 1.29 is 28.6 Å². The van der Waals surface area contributed by atoms with E-state index in [9.17, 15) is 19.6 Å². The summed E-state index contributed by atoms with van der Waals surface area (Å²) < 4.78 is 25.1. The summed E-state index contributed by atoms with van der Waals surface area (Å²) in [5, 5.41) is 20.4. The number of ketones is 1. The van der Waals surface area contributed by atoms with Gasteiger partial charge < -0.3 is 19.3 Å². The molecule has 230 valence electrons. The van der Waals surface area contributed by atoms with Gasteiger partial charge in [-0.25, -0.2) is 0 Å². The van der Waals surface area contributed by atoms with E-state index >= 15 is 0 Å². The first-order valence-corrected chi connectivity index (χ1v) is 17.3. The number of carbonyl (C=O) groups excluding carboxylic acids is 1. The molecular formula is C34H53O6P. The maximum atomic E-state index is 13.7. The fraction of sp³-hybridized carbons (Fsp3) is 0.676. The molecule has 0 saturated heterocycles. The van der Waals surface area contributed by atoms with Gasteiger partial charge in [0.05, 0.1) is 25.4 Å². The lowest BCUT2D eigenvalue weighted by Crippen LogP contribution is -2.35. The third-order valence-corrected chi connectivity index (χ3v) is 11.9. The maximum absolute atomic E-state index is 13.7. The number of allylic oxidation sites excluding steroid dienone is 6. The number of hydrogen-bond acceptors (Lipinski definition) is 6. The number of hydrogen-bond donors (Lipinski definition) is 2. The van der Waals surface area contributed by atoms with Crippen molar-refractivity contribution in [2.45, 2.75) is 110 Å². The first kappa shape index (κ1) is 33.9. The predicted molar refractivity (Wildman–Crippen MR) is 167 cm³/mol. The number of aliphatic hydroxyl groups is 2. The average molecular weight is 589 g/mol. The highest BCUT2D eigenvalue weighted by atomic mass is 31.2. The van der Waals surface area contributed by atoms with Crippen LogP contribution >= 0.6 is 7.60 Å². The standard InChI is InChI=1S/C34H53O6P/c1-7-11-33(41(38,39-20-8-2)40-21-9-3)31(36)18-13-24(4)29-16-17-30-26(12-10-19-34(29,30)6)14-15-27-22-28(35)23-32(37)25(27)5/h7,13-15,18,24,28-30,32-33,35,37H,1,5,8-12,16-17,19-23H2,2-4,6H3/b18-13+,26-14+,27-15-/t24-,28-,29-,30?,32+,33?,34-/m1/s1. The molecular weight excluding hydrogens is 535 g/mol. The molecule has 3 fully saturated rings. The van der Waals surface area contributed by atoms with E-state index in [4.69, 9.17) is 9.05 Å². The molecule has 6 nitrogen and oxygen atoms in total. The summed E-state index contributed by atoms with van der Waals surface area (Å²) >= 11 is 0. The number of aliphatic hydroxyl groups excluding tert-OH is 2. The van der Waals surface area contributed by atoms with Crippen molar-refractivity contribution in [1.29, 1.82) is 0 Å². The summed E-state index contributed by atoms with van der Waals surface area (Å²) in [7, 11) is -3.62. The Morgan fingerprint density at radius 3 is 2.49 bits per heavy atom. The van der Waals surface area contributed by atoms with Gasteiger partial charge in [0.1, 0.15) is 5.66 Å². The largest absolute Gasteiger partial charge is 0.393 e. The number of fused-ring (bicyclic) bond motifs is 1. The molecule has 0 aromatic heterocycles. The van der Waals surface area contributed by atoms with Gasteiger partial charge in [-0.15, -0.1) is 6.58 Å². The second kappa shape index (κ2) is 15.3. The quantitative estimate of drug-likeness (QED) is 0.122. The molecule has 0 spiro atoms. The summed E-state index contributed by atoms with van der Waals surface area (Å²) in [5.41, 5.74) is 2.35. The molecule has 3 aliphatic rings. The topological polar surface area (TPSA) is 93.1 Å². The Bertz CT molecular complexity index is 1060. The van der Waals surface area contributed by atoms with Crippen LogP contribution < -0.4 is 0 Å². The van der Waals surface area contributed by atoms with Gasteiger partial charge in [0.15, 0.2) is 5.78 Å². The summed E-state index contributed by atoms with van der Waals surface area (Å²) in [4.78, 5) is 13.4. The van der Waals surface area contributed by atoms with Crippen LogP contribution in [0.5, 0.6) is 0 Å². The molecule has 3 saturated carbocycles. The zero-order chi connectivity index (χ0) is 30.2. The smallest absolute Gasteiger partial charge is 0.341 e. The Morgan fingerprint density at radius 2 is 1.85 bits per heavy atom. The molecule has 2 unspecified atom stereocenters. The molecule has 0 aromatic rings. The van der Waals surface area contributed by atoms with Crippen LogP contribution in [0.1, 0.15) is 91.9 Å². The summed E-state index contributed by atoms with van der Waals surface area (Å²) in [6, 6.07) is 0. The van der Waals surface area contributed by atoms with Crippen LogP contribution in [0.15, 0.2) is 60.3 Å². The molecule has 3 aliphatic carbocycles. The highest BCUT2D eigenvalue weighted by Crippen LogP contribution is 2.60. The molecule has 3 rings (SSSR count). The lowest BCUT2D eigenvalue weighted by molar-refractivity contribution is -0.114. The zero-order valence-electron chi connectivity index (χ0n) is 25.7. The second-order valence-corrected chi connectivity index (χ2v) is 14.8. The van der Waals surface area contributed by atoms with Crippen molar-refractivity contribution >= 4 is 13.4 Å². The highest BCUT2D eigenvalue weighted by Gasteiger charge is 2.50. The van der Waals surface area contributed by atoms with Crippen molar-refractivity contribution in [2.24, 2.45) is 23.2 Å². The average Bonchev–Trinajstić information content (AvgIpc) is 3.30. The van der Waals surface area contributed by atoms with Crippen LogP contribution in [0.3, 0.4) is 0 Å². The molecule has 7 heteroatoms. The third kappa shape index (κ3) is 8.09. The zero-order valence-corrected chi connectivity index (χ0v) is 26.6. The van der Waals surface area contributed by atoms with Gasteiger partial charge in [0.25, 0.3) is 0 Å². The summed E-state index contributed by atoms with van der Waals surface area (Å²) in [5.74, 6) is 0.861. The Kier molecular flexibility index (Phi) is 12.6. The number of rotatable bonds is 14. The van der Waals surface area contributed by atoms with E-state index in [1.165, 1.54) is 5.57 Å². The Labute approximate surface area is 248 Å². The molecule has 7 atom stereocenters. The molecule has 0 heterocycles. The van der Waals surface area contributed by atoms with Crippen molar-refractivity contribution in [3.8, 4) is 0 Å². The van der Waals surface area contributed by atoms with Crippen molar-refractivity contribution in [3.63, 3.8) is 0 Å². The van der Waals surface area contributed by atoms with Gasteiger partial charge in [-0.1, -0.05) is 64.2 Å². The van der Waals surface area contributed by atoms with E-state index < -0.39 is 25.5 Å². The van der Waals surface area contributed by atoms with Crippen LogP contribution in [0, 0.1) is 23.2 Å².